The fourth-order valence-corrected chi connectivity index (χ4v) is 1.84. The molecule has 1 saturated heterocycles. The second-order valence-corrected chi connectivity index (χ2v) is 4.16. The Morgan fingerprint density at radius 3 is 2.53 bits per heavy atom. The Balaban J connectivity index is 0.00000121. The van der Waals surface area contributed by atoms with Crippen LogP contribution in [0.25, 0.3) is 0 Å². The molecule has 0 amide bonds. The van der Waals surface area contributed by atoms with E-state index in [-0.39, 0.29) is 0 Å². The van der Waals surface area contributed by atoms with Crippen molar-refractivity contribution in [1.29, 1.82) is 0 Å². The first-order chi connectivity index (χ1) is 8.17. The van der Waals surface area contributed by atoms with Crippen molar-refractivity contribution in [3.63, 3.8) is 0 Å². The molecule has 0 saturated carbocycles. The van der Waals surface area contributed by atoms with E-state index >= 15 is 0 Å². The van der Waals surface area contributed by atoms with Gasteiger partial charge in [-0.2, -0.15) is 0 Å². The van der Waals surface area contributed by atoms with Gasteiger partial charge in [0.05, 0.1) is 0 Å². The van der Waals surface area contributed by atoms with Crippen LogP contribution >= 0.6 is 0 Å². The van der Waals surface area contributed by atoms with Gasteiger partial charge in [0.2, 0.25) is 0 Å². The van der Waals surface area contributed by atoms with Gasteiger partial charge in [0.15, 0.2) is 0 Å². The number of hydrogen-bond donors (Lipinski definition) is 1. The van der Waals surface area contributed by atoms with Crippen LogP contribution in [0.15, 0.2) is 29.5 Å². The van der Waals surface area contributed by atoms with Crippen molar-refractivity contribution in [3.05, 3.63) is 24.6 Å². The molecule has 0 radical (unpaired) electrons. The van der Waals surface area contributed by atoms with Gasteiger partial charge in [0, 0.05) is 25.2 Å². The van der Waals surface area contributed by atoms with Crippen LogP contribution in [0.5, 0.6) is 0 Å². The zero-order chi connectivity index (χ0) is 13.3. The van der Waals surface area contributed by atoms with Gasteiger partial charge in [-0.15, -0.1) is 0 Å². The van der Waals surface area contributed by atoms with Gasteiger partial charge in [-0.1, -0.05) is 26.5 Å². The van der Waals surface area contributed by atoms with Crippen LogP contribution in [-0.2, 0) is 0 Å². The minimum atomic E-state index is 0.490. The lowest BCUT2D eigenvalue weighted by atomic mass is 10.2. The number of rotatable bonds is 5. The molecule has 0 aliphatic carbocycles. The molecule has 1 atom stereocenters. The summed E-state index contributed by atoms with van der Waals surface area (Å²) in [6.45, 7) is 17.9. The van der Waals surface area contributed by atoms with E-state index in [4.69, 9.17) is 0 Å². The first-order valence-electron chi connectivity index (χ1n) is 6.47. The summed E-state index contributed by atoms with van der Waals surface area (Å²) in [5.74, 6) is 0.820. The lowest BCUT2D eigenvalue weighted by molar-refractivity contribution is 0.270. The summed E-state index contributed by atoms with van der Waals surface area (Å²) in [6.07, 6.45) is 4.75. The summed E-state index contributed by atoms with van der Waals surface area (Å²) in [7, 11) is 0. The van der Waals surface area contributed by atoms with E-state index in [1.165, 1.54) is 6.42 Å². The molecular formula is C14H27N3. The molecule has 1 N–H and O–H groups in total. The first-order valence-corrected chi connectivity index (χ1v) is 6.47. The highest BCUT2D eigenvalue weighted by atomic mass is 15.2. The van der Waals surface area contributed by atoms with Crippen molar-refractivity contribution in [2.24, 2.45) is 4.99 Å². The second kappa shape index (κ2) is 8.99. The highest BCUT2D eigenvalue weighted by molar-refractivity contribution is 5.29. The van der Waals surface area contributed by atoms with Gasteiger partial charge in [0.25, 0.3) is 0 Å². The molecule has 1 rings (SSSR count). The number of hydrogen-bond acceptors (Lipinski definition) is 3. The Morgan fingerprint density at radius 2 is 2.12 bits per heavy atom. The molecule has 0 spiro atoms. The van der Waals surface area contributed by atoms with Crippen LogP contribution < -0.4 is 5.32 Å². The van der Waals surface area contributed by atoms with Crippen molar-refractivity contribution in [2.75, 3.05) is 13.1 Å². The third-order valence-electron chi connectivity index (χ3n) is 2.75. The molecule has 17 heavy (non-hydrogen) atoms. The van der Waals surface area contributed by atoms with Crippen LogP contribution in [0.3, 0.4) is 0 Å². The Morgan fingerprint density at radius 1 is 1.47 bits per heavy atom. The average molecular weight is 237 g/mol. The molecule has 0 aromatic rings. The molecule has 3 heteroatoms. The van der Waals surface area contributed by atoms with Crippen LogP contribution in [0, 0.1) is 0 Å². The summed E-state index contributed by atoms with van der Waals surface area (Å²) in [5.41, 5.74) is 0. The maximum atomic E-state index is 3.92. The molecule has 1 unspecified atom stereocenters. The van der Waals surface area contributed by atoms with Crippen molar-refractivity contribution in [3.8, 4) is 0 Å². The lowest BCUT2D eigenvalue weighted by Gasteiger charge is -2.20. The zero-order valence-corrected chi connectivity index (χ0v) is 11.7. The fraction of sp³-hybridized carbons (Fsp3) is 0.643. The number of likely N-dealkylation sites (tertiary alicyclic amines) is 1. The Kier molecular flexibility index (Phi) is 8.42. The van der Waals surface area contributed by atoms with Crippen molar-refractivity contribution in [2.45, 2.75) is 46.2 Å². The molecule has 0 aromatic heterocycles. The quantitative estimate of drug-likeness (QED) is 0.588. The summed E-state index contributed by atoms with van der Waals surface area (Å²) in [4.78, 5) is 6.39. The third kappa shape index (κ3) is 5.68. The van der Waals surface area contributed by atoms with E-state index in [1.54, 1.807) is 6.08 Å². The third-order valence-corrected chi connectivity index (χ3v) is 2.75. The van der Waals surface area contributed by atoms with E-state index in [1.807, 2.05) is 19.9 Å². The van der Waals surface area contributed by atoms with Crippen molar-refractivity contribution < 1.29 is 0 Å². The second-order valence-electron chi connectivity index (χ2n) is 4.16. The van der Waals surface area contributed by atoms with E-state index in [9.17, 15) is 0 Å². The maximum absolute atomic E-state index is 3.92. The van der Waals surface area contributed by atoms with Crippen molar-refractivity contribution in [1.82, 2.24) is 10.2 Å². The molecule has 1 heterocycles. The van der Waals surface area contributed by atoms with Gasteiger partial charge in [-0.05, 0) is 33.1 Å². The van der Waals surface area contributed by atoms with Crippen LogP contribution in [-0.4, -0.2) is 36.8 Å². The number of aliphatic imine (C=N–C) groups is 1. The maximum Gasteiger partial charge on any atom is 0.125 e. The molecule has 98 valence electrons. The van der Waals surface area contributed by atoms with Crippen LogP contribution in [0.4, 0.5) is 0 Å². The summed E-state index contributed by atoms with van der Waals surface area (Å²) in [5, 5.41) is 3.37. The summed E-state index contributed by atoms with van der Waals surface area (Å²) < 4.78 is 0. The Hall–Kier alpha value is -1.09. The van der Waals surface area contributed by atoms with Gasteiger partial charge in [-0.3, -0.25) is 4.90 Å². The SMILES string of the molecule is C=C/C=C(\N=C)NC1CCN(C(C)C)C1.CC. The van der Waals surface area contributed by atoms with E-state index < -0.39 is 0 Å². The van der Waals surface area contributed by atoms with Gasteiger partial charge in [-0.25, -0.2) is 4.99 Å². The highest BCUT2D eigenvalue weighted by Crippen LogP contribution is 2.13. The topological polar surface area (TPSA) is 27.6 Å². The largest absolute Gasteiger partial charge is 0.366 e. The first kappa shape index (κ1) is 15.9. The molecule has 1 aliphatic heterocycles. The van der Waals surface area contributed by atoms with E-state index in [2.05, 4.69) is 42.4 Å². The van der Waals surface area contributed by atoms with Gasteiger partial charge in [0.1, 0.15) is 5.82 Å². The van der Waals surface area contributed by atoms with Crippen molar-refractivity contribution >= 4 is 6.72 Å². The minimum absolute atomic E-state index is 0.490. The van der Waals surface area contributed by atoms with Gasteiger partial charge < -0.3 is 5.32 Å². The molecule has 3 nitrogen and oxygen atoms in total. The summed E-state index contributed by atoms with van der Waals surface area (Å²) >= 11 is 0. The normalized spacial score (nSPS) is 20.8. The lowest BCUT2D eigenvalue weighted by Crippen LogP contribution is -2.34. The van der Waals surface area contributed by atoms with Crippen LogP contribution in [0.2, 0.25) is 0 Å². The van der Waals surface area contributed by atoms with Crippen LogP contribution in [0.1, 0.15) is 34.1 Å². The summed E-state index contributed by atoms with van der Waals surface area (Å²) in [6, 6.07) is 1.12. The molecule has 1 aliphatic rings. The van der Waals surface area contributed by atoms with E-state index in [0.717, 1.165) is 18.9 Å². The predicted octanol–water partition coefficient (Wildman–Crippen LogP) is 2.81. The molecule has 1 fully saturated rings. The highest BCUT2D eigenvalue weighted by Gasteiger charge is 2.23. The van der Waals surface area contributed by atoms with Gasteiger partial charge >= 0.3 is 0 Å². The molecule has 0 bridgehead atoms. The standard InChI is InChI=1S/C12H21N3.C2H6/c1-5-6-12(13-4)14-11-7-8-15(9-11)10(2)3;1-2/h5-6,10-11,14H,1,4,7-9H2,2-3H3;1-2H3/b12-6+;. The number of allylic oxidation sites excluding steroid dienone is 2. The monoisotopic (exact) mass is 237 g/mol. The molecular weight excluding hydrogens is 210 g/mol. The number of nitrogens with one attached hydrogen (secondary N) is 1. The number of nitrogens with zero attached hydrogens (tertiary/aromatic N) is 2. The Labute approximate surface area is 106 Å². The van der Waals surface area contributed by atoms with E-state index in [0.29, 0.717) is 12.1 Å². The minimum Gasteiger partial charge on any atom is -0.366 e. The zero-order valence-electron chi connectivity index (χ0n) is 11.7. The molecule has 0 aromatic carbocycles. The average Bonchev–Trinajstić information content (AvgIpc) is 2.80. The fourth-order valence-electron chi connectivity index (χ4n) is 1.84. The predicted molar refractivity (Wildman–Crippen MR) is 77.4 cm³/mol. The Bertz CT molecular complexity index is 256. The smallest absolute Gasteiger partial charge is 0.125 e.